The maximum atomic E-state index is 6.25. The first-order valence-corrected chi connectivity index (χ1v) is 7.05. The van der Waals surface area contributed by atoms with Crippen LogP contribution in [0.1, 0.15) is 0 Å². The first-order valence-electron chi connectivity index (χ1n) is 6.29. The lowest BCUT2D eigenvalue weighted by Crippen LogP contribution is -1.98. The van der Waals surface area contributed by atoms with Crippen LogP contribution in [0.25, 0.3) is 22.6 Å². The number of anilines is 1. The second-order valence-corrected chi connectivity index (χ2v) is 5.25. The Bertz CT molecular complexity index is 789. The van der Waals surface area contributed by atoms with E-state index in [1.165, 1.54) is 0 Å². The second kappa shape index (κ2) is 5.72. The highest BCUT2D eigenvalue weighted by molar-refractivity contribution is 6.43. The standard InChI is InChI=1S/C16H11Cl2N3/c17-12-8-4-7-11(15(12)18)13-9-14(19)21-16(20-13)10-5-2-1-3-6-10/h1-9H,(H2,19,20,21). The van der Waals surface area contributed by atoms with Gasteiger partial charge in [-0.3, -0.25) is 0 Å². The molecule has 3 nitrogen and oxygen atoms in total. The predicted molar refractivity (Wildman–Crippen MR) is 87.3 cm³/mol. The zero-order chi connectivity index (χ0) is 14.8. The van der Waals surface area contributed by atoms with Gasteiger partial charge < -0.3 is 5.73 Å². The maximum absolute atomic E-state index is 6.25. The van der Waals surface area contributed by atoms with Crippen LogP contribution < -0.4 is 5.73 Å². The molecule has 0 aliphatic heterocycles. The van der Waals surface area contributed by atoms with E-state index in [0.717, 1.165) is 11.1 Å². The quantitative estimate of drug-likeness (QED) is 0.745. The molecule has 0 fully saturated rings. The molecule has 0 spiro atoms. The number of nitrogen functional groups attached to an aromatic ring is 1. The Morgan fingerprint density at radius 1 is 0.857 bits per heavy atom. The molecule has 0 aliphatic carbocycles. The first kappa shape index (κ1) is 13.9. The molecule has 0 unspecified atom stereocenters. The van der Waals surface area contributed by atoms with Crippen molar-refractivity contribution in [1.29, 1.82) is 0 Å². The minimum absolute atomic E-state index is 0.384. The molecule has 0 saturated heterocycles. The van der Waals surface area contributed by atoms with Crippen molar-refractivity contribution in [2.75, 3.05) is 5.73 Å². The lowest BCUT2D eigenvalue weighted by molar-refractivity contribution is 1.19. The van der Waals surface area contributed by atoms with Crippen molar-refractivity contribution in [2.24, 2.45) is 0 Å². The molecule has 0 saturated carbocycles. The monoisotopic (exact) mass is 315 g/mol. The van der Waals surface area contributed by atoms with Gasteiger partial charge in [0.25, 0.3) is 0 Å². The van der Waals surface area contributed by atoms with Crippen LogP contribution >= 0.6 is 23.2 Å². The summed E-state index contributed by atoms with van der Waals surface area (Å²) in [5, 5.41) is 0.934. The van der Waals surface area contributed by atoms with Crippen molar-refractivity contribution in [3.8, 4) is 22.6 Å². The molecular weight excluding hydrogens is 305 g/mol. The molecule has 0 bridgehead atoms. The van der Waals surface area contributed by atoms with E-state index in [1.54, 1.807) is 12.1 Å². The SMILES string of the molecule is Nc1cc(-c2cccc(Cl)c2Cl)nc(-c2ccccc2)n1. The van der Waals surface area contributed by atoms with Gasteiger partial charge in [0.05, 0.1) is 15.7 Å². The van der Waals surface area contributed by atoms with Gasteiger partial charge in [0.2, 0.25) is 0 Å². The summed E-state index contributed by atoms with van der Waals surface area (Å²) in [5.41, 5.74) is 8.17. The van der Waals surface area contributed by atoms with Gasteiger partial charge in [-0.1, -0.05) is 65.7 Å². The average molecular weight is 316 g/mol. The molecule has 3 aromatic rings. The fourth-order valence-corrected chi connectivity index (χ4v) is 2.42. The maximum Gasteiger partial charge on any atom is 0.162 e. The highest BCUT2D eigenvalue weighted by Crippen LogP contribution is 2.33. The lowest BCUT2D eigenvalue weighted by atomic mass is 10.1. The first-order chi connectivity index (χ1) is 10.1. The van der Waals surface area contributed by atoms with Gasteiger partial charge in [0.15, 0.2) is 5.82 Å². The minimum Gasteiger partial charge on any atom is -0.384 e. The molecule has 1 heterocycles. The molecule has 1 aromatic heterocycles. The number of aromatic nitrogens is 2. The van der Waals surface area contributed by atoms with E-state index < -0.39 is 0 Å². The van der Waals surface area contributed by atoms with Gasteiger partial charge in [-0.05, 0) is 6.07 Å². The fraction of sp³-hybridized carbons (Fsp3) is 0. The van der Waals surface area contributed by atoms with Crippen molar-refractivity contribution < 1.29 is 0 Å². The topological polar surface area (TPSA) is 51.8 Å². The molecule has 0 aliphatic rings. The van der Waals surface area contributed by atoms with Crippen molar-refractivity contribution >= 4 is 29.0 Å². The summed E-state index contributed by atoms with van der Waals surface area (Å²) in [6, 6.07) is 16.7. The van der Waals surface area contributed by atoms with E-state index in [4.69, 9.17) is 28.9 Å². The molecule has 0 atom stereocenters. The number of nitrogens with two attached hydrogens (primary N) is 1. The van der Waals surface area contributed by atoms with Gasteiger partial charge in [-0.15, -0.1) is 0 Å². The lowest BCUT2D eigenvalue weighted by Gasteiger charge is -2.08. The third-order valence-corrected chi connectivity index (χ3v) is 3.82. The third kappa shape index (κ3) is 2.84. The highest BCUT2D eigenvalue weighted by atomic mass is 35.5. The van der Waals surface area contributed by atoms with Gasteiger partial charge in [0.1, 0.15) is 5.82 Å². The number of nitrogens with zero attached hydrogens (tertiary/aromatic N) is 2. The molecule has 3 rings (SSSR count). The predicted octanol–water partition coefficient (Wildman–Crippen LogP) is 4.70. The zero-order valence-electron chi connectivity index (χ0n) is 10.9. The van der Waals surface area contributed by atoms with E-state index in [9.17, 15) is 0 Å². The summed E-state index contributed by atoms with van der Waals surface area (Å²) in [5.74, 6) is 0.941. The van der Waals surface area contributed by atoms with Gasteiger partial charge in [-0.25, -0.2) is 9.97 Å². The molecule has 5 heteroatoms. The highest BCUT2D eigenvalue weighted by Gasteiger charge is 2.11. The van der Waals surface area contributed by atoms with E-state index in [0.29, 0.717) is 27.4 Å². The van der Waals surface area contributed by atoms with Gasteiger partial charge in [0, 0.05) is 17.2 Å². The summed E-state index contributed by atoms with van der Waals surface area (Å²) < 4.78 is 0. The zero-order valence-corrected chi connectivity index (χ0v) is 12.4. The molecule has 2 N–H and O–H groups in total. The Hall–Kier alpha value is -2.10. The molecule has 0 amide bonds. The van der Waals surface area contributed by atoms with Crippen LogP contribution in [0.3, 0.4) is 0 Å². The number of hydrogen-bond acceptors (Lipinski definition) is 3. The Morgan fingerprint density at radius 2 is 1.62 bits per heavy atom. The van der Waals surface area contributed by atoms with E-state index in [1.807, 2.05) is 42.5 Å². The number of hydrogen-bond donors (Lipinski definition) is 1. The van der Waals surface area contributed by atoms with Crippen molar-refractivity contribution in [3.63, 3.8) is 0 Å². The van der Waals surface area contributed by atoms with Crippen molar-refractivity contribution in [1.82, 2.24) is 9.97 Å². The summed E-state index contributed by atoms with van der Waals surface area (Å²) in [7, 11) is 0. The van der Waals surface area contributed by atoms with Crippen LogP contribution in [-0.4, -0.2) is 9.97 Å². The van der Waals surface area contributed by atoms with E-state index in [-0.39, 0.29) is 0 Å². The second-order valence-electron chi connectivity index (χ2n) is 4.47. The Balaban J connectivity index is 2.17. The van der Waals surface area contributed by atoms with Gasteiger partial charge in [-0.2, -0.15) is 0 Å². The van der Waals surface area contributed by atoms with E-state index >= 15 is 0 Å². The Kier molecular flexibility index (Phi) is 3.78. The van der Waals surface area contributed by atoms with Crippen LogP contribution in [0.5, 0.6) is 0 Å². The third-order valence-electron chi connectivity index (χ3n) is 3.01. The summed E-state index contributed by atoms with van der Waals surface area (Å²) in [6.07, 6.45) is 0. The van der Waals surface area contributed by atoms with Crippen LogP contribution in [0, 0.1) is 0 Å². The van der Waals surface area contributed by atoms with Crippen LogP contribution in [0.4, 0.5) is 5.82 Å². The number of halogens is 2. The van der Waals surface area contributed by atoms with Gasteiger partial charge >= 0.3 is 0 Å². The minimum atomic E-state index is 0.384. The Labute approximate surface area is 132 Å². The largest absolute Gasteiger partial charge is 0.384 e. The van der Waals surface area contributed by atoms with Crippen LogP contribution in [0.2, 0.25) is 10.0 Å². The molecule has 104 valence electrons. The molecule has 21 heavy (non-hydrogen) atoms. The Morgan fingerprint density at radius 3 is 2.38 bits per heavy atom. The van der Waals surface area contributed by atoms with Crippen molar-refractivity contribution in [3.05, 3.63) is 64.6 Å². The van der Waals surface area contributed by atoms with Crippen LogP contribution in [0.15, 0.2) is 54.6 Å². The van der Waals surface area contributed by atoms with E-state index in [2.05, 4.69) is 9.97 Å². The normalized spacial score (nSPS) is 10.6. The smallest absolute Gasteiger partial charge is 0.162 e. The number of rotatable bonds is 2. The van der Waals surface area contributed by atoms with Crippen molar-refractivity contribution in [2.45, 2.75) is 0 Å². The average Bonchev–Trinajstić information content (AvgIpc) is 2.50. The summed E-state index contributed by atoms with van der Waals surface area (Å²) in [6.45, 7) is 0. The summed E-state index contributed by atoms with van der Waals surface area (Å²) >= 11 is 12.3. The summed E-state index contributed by atoms with van der Waals surface area (Å²) in [4.78, 5) is 8.81. The molecule has 2 aromatic carbocycles. The molecular formula is C16H11Cl2N3. The van der Waals surface area contributed by atoms with Crippen LogP contribution in [-0.2, 0) is 0 Å². The fourth-order valence-electron chi connectivity index (χ4n) is 2.02. The number of benzene rings is 2. The molecule has 0 radical (unpaired) electrons.